The summed E-state index contributed by atoms with van der Waals surface area (Å²) in [5.74, 6) is 0. The summed E-state index contributed by atoms with van der Waals surface area (Å²) < 4.78 is 0. The Hall–Kier alpha value is -2.47. The van der Waals surface area contributed by atoms with Crippen molar-refractivity contribution >= 4 is 11.9 Å². The molecule has 3 nitrogen and oxygen atoms in total. The molecule has 0 unspecified atom stereocenters. The van der Waals surface area contributed by atoms with Crippen LogP contribution in [0.25, 0.3) is 0 Å². The van der Waals surface area contributed by atoms with E-state index in [1.165, 1.54) is 0 Å². The van der Waals surface area contributed by atoms with E-state index in [1.54, 1.807) is 18.5 Å². The molecule has 0 radical (unpaired) electrons. The molecule has 0 saturated heterocycles. The highest BCUT2D eigenvalue weighted by Gasteiger charge is 1.91. The number of nitrogens with zero attached hydrogens (tertiary/aromatic N) is 3. The van der Waals surface area contributed by atoms with E-state index >= 15 is 0 Å². The maximum atomic E-state index is 8.59. The van der Waals surface area contributed by atoms with Crippen LogP contribution in [0.15, 0.2) is 53.7 Å². The summed E-state index contributed by atoms with van der Waals surface area (Å²) in [6, 6.07) is 15.1. The highest BCUT2D eigenvalue weighted by atomic mass is 14.7. The van der Waals surface area contributed by atoms with E-state index < -0.39 is 0 Å². The molecule has 0 N–H and O–H groups in total. The van der Waals surface area contributed by atoms with Gasteiger partial charge < -0.3 is 0 Å². The van der Waals surface area contributed by atoms with Crippen molar-refractivity contribution in [3.63, 3.8) is 0 Å². The lowest BCUT2D eigenvalue weighted by Gasteiger charge is -1.93. The fourth-order valence-corrected chi connectivity index (χ4v) is 1.21. The van der Waals surface area contributed by atoms with Crippen LogP contribution in [0, 0.1) is 11.3 Å². The first-order chi connectivity index (χ1) is 7.88. The summed E-state index contributed by atoms with van der Waals surface area (Å²) in [5, 5.41) is 8.59. The van der Waals surface area contributed by atoms with Crippen LogP contribution in [0.2, 0.25) is 0 Å². The molecule has 16 heavy (non-hydrogen) atoms. The van der Waals surface area contributed by atoms with Crippen molar-refractivity contribution in [2.24, 2.45) is 4.99 Å². The molecule has 0 amide bonds. The number of rotatable bonds is 2. The quantitative estimate of drug-likeness (QED) is 0.711. The normalized spacial score (nSPS) is 10.2. The molecule has 0 atom stereocenters. The maximum absolute atomic E-state index is 8.59. The number of aliphatic imine (C=N–C) groups is 1. The summed E-state index contributed by atoms with van der Waals surface area (Å²) in [7, 11) is 0. The van der Waals surface area contributed by atoms with E-state index in [4.69, 9.17) is 5.26 Å². The Morgan fingerprint density at radius 3 is 2.56 bits per heavy atom. The SMILES string of the molecule is N#Cc1ccc(/C=N/c2ccccc2)cn1. The minimum Gasteiger partial charge on any atom is -0.256 e. The highest BCUT2D eigenvalue weighted by molar-refractivity contribution is 5.81. The molecule has 0 aliphatic heterocycles. The van der Waals surface area contributed by atoms with Gasteiger partial charge in [-0.3, -0.25) is 4.99 Å². The molecule has 1 heterocycles. The van der Waals surface area contributed by atoms with Crippen LogP contribution in [0.1, 0.15) is 11.3 Å². The smallest absolute Gasteiger partial charge is 0.140 e. The lowest BCUT2D eigenvalue weighted by atomic mass is 10.2. The monoisotopic (exact) mass is 207 g/mol. The van der Waals surface area contributed by atoms with E-state index in [0.29, 0.717) is 5.69 Å². The molecule has 3 heteroatoms. The van der Waals surface area contributed by atoms with E-state index in [0.717, 1.165) is 11.3 Å². The van der Waals surface area contributed by atoms with Gasteiger partial charge in [0.1, 0.15) is 11.8 Å². The van der Waals surface area contributed by atoms with Crippen molar-refractivity contribution in [1.82, 2.24) is 4.98 Å². The summed E-state index contributed by atoms with van der Waals surface area (Å²) in [6.45, 7) is 0. The lowest BCUT2D eigenvalue weighted by molar-refractivity contribution is 1.26. The zero-order valence-electron chi connectivity index (χ0n) is 8.54. The lowest BCUT2D eigenvalue weighted by Crippen LogP contribution is -1.85. The van der Waals surface area contributed by atoms with Gasteiger partial charge in [0.2, 0.25) is 0 Å². The number of nitriles is 1. The van der Waals surface area contributed by atoms with Crippen molar-refractivity contribution in [3.05, 3.63) is 59.9 Å². The Balaban J connectivity index is 2.15. The summed E-state index contributed by atoms with van der Waals surface area (Å²) in [5.41, 5.74) is 2.19. The van der Waals surface area contributed by atoms with Crippen molar-refractivity contribution < 1.29 is 0 Å². The molecule has 2 rings (SSSR count). The molecule has 0 saturated carbocycles. The van der Waals surface area contributed by atoms with Crippen LogP contribution in [0.4, 0.5) is 5.69 Å². The van der Waals surface area contributed by atoms with Gasteiger partial charge in [-0.25, -0.2) is 4.98 Å². The maximum Gasteiger partial charge on any atom is 0.140 e. The van der Waals surface area contributed by atoms with Gasteiger partial charge in [0.15, 0.2) is 0 Å². The zero-order valence-corrected chi connectivity index (χ0v) is 8.54. The molecule has 0 aliphatic rings. The molecule has 76 valence electrons. The third-order valence-electron chi connectivity index (χ3n) is 2.02. The van der Waals surface area contributed by atoms with Crippen molar-refractivity contribution in [1.29, 1.82) is 5.26 Å². The number of benzene rings is 1. The summed E-state index contributed by atoms with van der Waals surface area (Å²) in [4.78, 5) is 8.24. The first kappa shape index (κ1) is 10.1. The largest absolute Gasteiger partial charge is 0.256 e. The second-order valence-corrected chi connectivity index (χ2v) is 3.18. The first-order valence-electron chi connectivity index (χ1n) is 4.84. The van der Waals surface area contributed by atoms with Gasteiger partial charge in [-0.15, -0.1) is 0 Å². The standard InChI is InChI=1S/C13H9N3/c14-8-13-7-6-11(10-16-13)9-15-12-4-2-1-3-5-12/h1-7,9-10H/b15-9+. The second kappa shape index (κ2) is 4.85. The Morgan fingerprint density at radius 2 is 1.94 bits per heavy atom. The van der Waals surface area contributed by atoms with Gasteiger partial charge in [-0.2, -0.15) is 5.26 Å². The molecule has 0 fully saturated rings. The van der Waals surface area contributed by atoms with E-state index in [9.17, 15) is 0 Å². The Bertz CT molecular complexity index is 521. The molecule has 2 aromatic rings. The van der Waals surface area contributed by atoms with Crippen molar-refractivity contribution in [3.8, 4) is 6.07 Å². The topological polar surface area (TPSA) is 49.0 Å². The third-order valence-corrected chi connectivity index (χ3v) is 2.02. The van der Waals surface area contributed by atoms with Gasteiger partial charge in [0.25, 0.3) is 0 Å². The fraction of sp³-hybridized carbons (Fsp3) is 0. The van der Waals surface area contributed by atoms with Crippen LogP contribution in [-0.2, 0) is 0 Å². The van der Waals surface area contributed by atoms with Gasteiger partial charge in [0.05, 0.1) is 5.69 Å². The third kappa shape index (κ3) is 2.52. The Morgan fingerprint density at radius 1 is 1.12 bits per heavy atom. The van der Waals surface area contributed by atoms with Gasteiger partial charge in [0, 0.05) is 18.0 Å². The van der Waals surface area contributed by atoms with E-state index in [2.05, 4.69) is 9.98 Å². The molecular weight excluding hydrogens is 198 g/mol. The van der Waals surface area contributed by atoms with Gasteiger partial charge in [-0.1, -0.05) is 18.2 Å². The van der Waals surface area contributed by atoms with Gasteiger partial charge in [-0.05, 0) is 24.3 Å². The molecule has 0 spiro atoms. The Kier molecular flexibility index (Phi) is 3.05. The van der Waals surface area contributed by atoms with Crippen molar-refractivity contribution in [2.45, 2.75) is 0 Å². The number of pyridine rings is 1. The van der Waals surface area contributed by atoms with Crippen LogP contribution in [0.3, 0.4) is 0 Å². The second-order valence-electron chi connectivity index (χ2n) is 3.18. The minimum atomic E-state index is 0.414. The highest BCUT2D eigenvalue weighted by Crippen LogP contribution is 2.09. The average Bonchev–Trinajstić information content (AvgIpc) is 2.38. The van der Waals surface area contributed by atoms with Crippen LogP contribution in [-0.4, -0.2) is 11.2 Å². The molecule has 0 bridgehead atoms. The number of aromatic nitrogens is 1. The predicted molar refractivity (Wildman–Crippen MR) is 62.6 cm³/mol. The fourth-order valence-electron chi connectivity index (χ4n) is 1.21. The van der Waals surface area contributed by atoms with Gasteiger partial charge >= 0.3 is 0 Å². The minimum absolute atomic E-state index is 0.414. The molecular formula is C13H9N3. The average molecular weight is 207 g/mol. The molecule has 1 aromatic heterocycles. The number of para-hydroxylation sites is 1. The number of hydrogen-bond donors (Lipinski definition) is 0. The van der Waals surface area contributed by atoms with Crippen LogP contribution >= 0.6 is 0 Å². The predicted octanol–water partition coefficient (Wildman–Crippen LogP) is 2.70. The Labute approximate surface area is 93.7 Å². The first-order valence-corrected chi connectivity index (χ1v) is 4.84. The number of hydrogen-bond acceptors (Lipinski definition) is 3. The van der Waals surface area contributed by atoms with Crippen LogP contribution < -0.4 is 0 Å². The van der Waals surface area contributed by atoms with Crippen molar-refractivity contribution in [2.75, 3.05) is 0 Å². The summed E-state index contributed by atoms with van der Waals surface area (Å²) >= 11 is 0. The van der Waals surface area contributed by atoms with E-state index in [-0.39, 0.29) is 0 Å². The molecule has 1 aromatic carbocycles. The van der Waals surface area contributed by atoms with E-state index in [1.807, 2.05) is 42.5 Å². The zero-order chi connectivity index (χ0) is 11.2. The molecule has 0 aliphatic carbocycles. The summed E-state index contributed by atoms with van der Waals surface area (Å²) in [6.07, 6.45) is 3.36. The van der Waals surface area contributed by atoms with Crippen LogP contribution in [0.5, 0.6) is 0 Å².